The molecular weight excluding hydrogens is 214 g/mol. The summed E-state index contributed by atoms with van der Waals surface area (Å²) in [4.78, 5) is 4.37. The van der Waals surface area contributed by atoms with Crippen LogP contribution in [0.2, 0.25) is 0 Å². The maximum absolute atomic E-state index is 5.67. The van der Waals surface area contributed by atoms with Gasteiger partial charge in [0.25, 0.3) is 0 Å². The van der Waals surface area contributed by atoms with E-state index in [9.17, 15) is 0 Å². The summed E-state index contributed by atoms with van der Waals surface area (Å²) in [5.41, 5.74) is 2.08. The van der Waals surface area contributed by atoms with Gasteiger partial charge in [0.1, 0.15) is 5.01 Å². The lowest BCUT2D eigenvalue weighted by atomic mass is 10.3. The maximum atomic E-state index is 5.67. The lowest BCUT2D eigenvalue weighted by Crippen LogP contribution is -1.80. The molecule has 0 saturated heterocycles. The lowest BCUT2D eigenvalue weighted by Gasteiger charge is -1.91. The van der Waals surface area contributed by atoms with Crippen molar-refractivity contribution in [3.05, 3.63) is 47.0 Å². The van der Waals surface area contributed by atoms with Crippen LogP contribution < -0.4 is 0 Å². The van der Waals surface area contributed by atoms with Gasteiger partial charge >= 0.3 is 0 Å². The van der Waals surface area contributed by atoms with E-state index in [1.807, 2.05) is 30.5 Å². The molecule has 0 aliphatic heterocycles. The lowest BCUT2D eigenvalue weighted by molar-refractivity contribution is 1.20. The molecule has 0 atom stereocenters. The smallest absolute Gasteiger partial charge is 0.119 e. The van der Waals surface area contributed by atoms with Crippen molar-refractivity contribution < 1.29 is 0 Å². The molecule has 1 aromatic heterocycles. The Bertz CT molecular complexity index is 363. The molecule has 1 aromatic rings. The van der Waals surface area contributed by atoms with E-state index in [2.05, 4.69) is 11.6 Å². The van der Waals surface area contributed by atoms with Gasteiger partial charge in [0.2, 0.25) is 0 Å². The fourth-order valence-corrected chi connectivity index (χ4v) is 1.94. The number of halogens is 1. The fraction of sp³-hybridized carbons (Fsp3) is 0.182. The van der Waals surface area contributed by atoms with Crippen LogP contribution in [0.4, 0.5) is 0 Å². The van der Waals surface area contributed by atoms with E-state index in [4.69, 9.17) is 11.6 Å². The largest absolute Gasteiger partial charge is 0.240 e. The number of aromatic nitrogens is 1. The van der Waals surface area contributed by atoms with Gasteiger partial charge in [-0.3, -0.25) is 0 Å². The predicted octanol–water partition coefficient (Wildman–Crippen LogP) is 4.03. The second-order valence-electron chi connectivity index (χ2n) is 2.75. The van der Waals surface area contributed by atoms with Crippen LogP contribution in [-0.4, -0.2) is 4.98 Å². The highest BCUT2D eigenvalue weighted by Gasteiger charge is 2.01. The van der Waals surface area contributed by atoms with Crippen LogP contribution in [0.1, 0.15) is 17.6 Å². The van der Waals surface area contributed by atoms with Crippen molar-refractivity contribution in [3.8, 4) is 0 Å². The minimum atomic E-state index is 0.478. The number of alkyl halides is 1. The Morgan fingerprint density at radius 1 is 1.64 bits per heavy atom. The van der Waals surface area contributed by atoms with Crippen LogP contribution in [0, 0.1) is 0 Å². The molecule has 0 saturated carbocycles. The highest BCUT2D eigenvalue weighted by Crippen LogP contribution is 2.19. The molecule has 1 heterocycles. The number of rotatable bonds is 4. The first-order valence-corrected chi connectivity index (χ1v) is 5.66. The van der Waals surface area contributed by atoms with Gasteiger partial charge in [-0.15, -0.1) is 22.9 Å². The third kappa shape index (κ3) is 3.13. The molecular formula is C11H12ClNS. The molecule has 0 unspecified atom stereocenters. The fourth-order valence-electron chi connectivity index (χ4n) is 0.899. The van der Waals surface area contributed by atoms with Crippen LogP contribution in [0.25, 0.3) is 5.57 Å². The number of thiazole rings is 1. The van der Waals surface area contributed by atoms with E-state index in [1.54, 1.807) is 17.4 Å². The SMILES string of the molecule is C=C/C=C\C=C(/C)c1nc(CCl)cs1. The zero-order valence-electron chi connectivity index (χ0n) is 8.03. The molecule has 14 heavy (non-hydrogen) atoms. The van der Waals surface area contributed by atoms with E-state index in [0.29, 0.717) is 5.88 Å². The van der Waals surface area contributed by atoms with Crippen molar-refractivity contribution >= 4 is 28.5 Å². The first-order chi connectivity index (χ1) is 6.77. The molecule has 0 bridgehead atoms. The summed E-state index contributed by atoms with van der Waals surface area (Å²) < 4.78 is 0. The van der Waals surface area contributed by atoms with Gasteiger partial charge in [0.05, 0.1) is 11.6 Å². The number of nitrogens with zero attached hydrogens (tertiary/aromatic N) is 1. The number of hydrogen-bond donors (Lipinski definition) is 0. The van der Waals surface area contributed by atoms with Crippen LogP contribution in [0.5, 0.6) is 0 Å². The van der Waals surface area contributed by atoms with E-state index >= 15 is 0 Å². The third-order valence-electron chi connectivity index (χ3n) is 1.62. The van der Waals surface area contributed by atoms with Gasteiger partial charge in [0.15, 0.2) is 0 Å². The van der Waals surface area contributed by atoms with Gasteiger partial charge in [-0.2, -0.15) is 0 Å². The van der Waals surface area contributed by atoms with Crippen molar-refractivity contribution in [3.63, 3.8) is 0 Å². The first kappa shape index (κ1) is 11.2. The molecule has 0 aliphatic rings. The second-order valence-corrected chi connectivity index (χ2v) is 3.87. The molecule has 0 aromatic carbocycles. The van der Waals surface area contributed by atoms with E-state index < -0.39 is 0 Å². The molecule has 3 heteroatoms. The van der Waals surface area contributed by atoms with E-state index in [-0.39, 0.29) is 0 Å². The summed E-state index contributed by atoms with van der Waals surface area (Å²) in [5.74, 6) is 0.478. The summed E-state index contributed by atoms with van der Waals surface area (Å²) in [7, 11) is 0. The molecule has 1 rings (SSSR count). The first-order valence-electron chi connectivity index (χ1n) is 4.24. The van der Waals surface area contributed by atoms with Gasteiger partial charge in [0, 0.05) is 5.38 Å². The molecule has 0 aliphatic carbocycles. The molecule has 1 nitrogen and oxygen atoms in total. The average Bonchev–Trinajstić information content (AvgIpc) is 2.66. The molecule has 0 amide bonds. The Hall–Kier alpha value is -0.860. The topological polar surface area (TPSA) is 12.9 Å². The molecule has 0 fully saturated rings. The van der Waals surface area contributed by atoms with Gasteiger partial charge < -0.3 is 0 Å². The molecule has 0 spiro atoms. The van der Waals surface area contributed by atoms with Crippen molar-refractivity contribution in [2.75, 3.05) is 0 Å². The zero-order chi connectivity index (χ0) is 10.4. The number of allylic oxidation sites excluding steroid dienone is 5. The quantitative estimate of drug-likeness (QED) is 0.557. The van der Waals surface area contributed by atoms with Crippen molar-refractivity contribution in [2.45, 2.75) is 12.8 Å². The maximum Gasteiger partial charge on any atom is 0.119 e. The summed E-state index contributed by atoms with van der Waals surface area (Å²) in [6.45, 7) is 5.63. The monoisotopic (exact) mass is 225 g/mol. The van der Waals surface area contributed by atoms with Crippen LogP contribution >= 0.6 is 22.9 Å². The van der Waals surface area contributed by atoms with Crippen molar-refractivity contribution in [1.82, 2.24) is 4.98 Å². The van der Waals surface area contributed by atoms with E-state index in [1.165, 1.54) is 0 Å². The predicted molar refractivity (Wildman–Crippen MR) is 64.7 cm³/mol. The summed E-state index contributed by atoms with van der Waals surface area (Å²) in [6, 6.07) is 0. The van der Waals surface area contributed by atoms with Crippen LogP contribution in [0.3, 0.4) is 0 Å². The standard InChI is InChI=1S/C11H12ClNS/c1-3-4-5-6-9(2)11-13-10(7-12)8-14-11/h3-6,8H,1,7H2,2H3/b5-4-,9-6+. The molecule has 0 N–H and O–H groups in total. The second kappa shape index (κ2) is 5.78. The third-order valence-corrected chi connectivity index (χ3v) is 2.92. The van der Waals surface area contributed by atoms with Crippen molar-refractivity contribution in [1.29, 1.82) is 0 Å². The Morgan fingerprint density at radius 2 is 2.43 bits per heavy atom. The number of hydrogen-bond acceptors (Lipinski definition) is 2. The Balaban J connectivity index is 2.77. The molecule has 0 radical (unpaired) electrons. The van der Waals surface area contributed by atoms with Gasteiger partial charge in [-0.05, 0) is 12.5 Å². The van der Waals surface area contributed by atoms with Gasteiger partial charge in [-0.25, -0.2) is 4.98 Å². The van der Waals surface area contributed by atoms with Crippen LogP contribution in [-0.2, 0) is 5.88 Å². The Kier molecular flexibility index (Phi) is 4.63. The summed E-state index contributed by atoms with van der Waals surface area (Å²) in [6.07, 6.45) is 7.60. The summed E-state index contributed by atoms with van der Waals surface area (Å²) >= 11 is 7.29. The average molecular weight is 226 g/mol. The highest BCUT2D eigenvalue weighted by atomic mass is 35.5. The van der Waals surface area contributed by atoms with E-state index in [0.717, 1.165) is 16.3 Å². The summed E-state index contributed by atoms with van der Waals surface area (Å²) in [5, 5.41) is 3.01. The normalized spacial score (nSPS) is 12.3. The minimum Gasteiger partial charge on any atom is -0.240 e. The van der Waals surface area contributed by atoms with Crippen LogP contribution in [0.15, 0.2) is 36.3 Å². The zero-order valence-corrected chi connectivity index (χ0v) is 9.61. The Labute approximate surface area is 93.4 Å². The highest BCUT2D eigenvalue weighted by molar-refractivity contribution is 7.10. The van der Waals surface area contributed by atoms with Gasteiger partial charge in [-0.1, -0.05) is 30.9 Å². The minimum absolute atomic E-state index is 0.478. The molecule has 74 valence electrons. The van der Waals surface area contributed by atoms with Crippen molar-refractivity contribution in [2.24, 2.45) is 0 Å². The Morgan fingerprint density at radius 3 is 3.00 bits per heavy atom.